The van der Waals surface area contributed by atoms with E-state index in [2.05, 4.69) is 4.98 Å². The quantitative estimate of drug-likeness (QED) is 0.169. The Labute approximate surface area is 239 Å². The van der Waals surface area contributed by atoms with Crippen molar-refractivity contribution >= 4 is 17.8 Å². The lowest BCUT2D eigenvalue weighted by Crippen LogP contribution is -2.26. The summed E-state index contributed by atoms with van der Waals surface area (Å²) >= 11 is 0. The maximum absolute atomic E-state index is 12.0. The molecule has 8 heteroatoms. The predicted octanol–water partition coefficient (Wildman–Crippen LogP) is 6.81. The van der Waals surface area contributed by atoms with Crippen molar-refractivity contribution in [1.82, 2.24) is 4.98 Å². The number of carboxylic acids is 1. The highest BCUT2D eigenvalue weighted by atomic mass is 16.5. The number of Topliss-reactive ketones (excluding diaryl/α,β-unsaturated/α-hetero) is 1. The summed E-state index contributed by atoms with van der Waals surface area (Å²) in [7, 11) is 1.50. The van der Waals surface area contributed by atoms with Crippen LogP contribution in [0.3, 0.4) is 0 Å². The van der Waals surface area contributed by atoms with Gasteiger partial charge in [-0.05, 0) is 69.2 Å². The number of carboxylic acid groups (broad SMARTS) is 1. The number of methoxy groups -OCH3 is 1. The van der Waals surface area contributed by atoms with Gasteiger partial charge in [-0.15, -0.1) is 0 Å². The van der Waals surface area contributed by atoms with Gasteiger partial charge in [0.1, 0.15) is 11.5 Å². The van der Waals surface area contributed by atoms with Gasteiger partial charge < -0.3 is 23.7 Å². The Morgan fingerprint density at radius 1 is 1.00 bits per heavy atom. The van der Waals surface area contributed by atoms with E-state index in [0.717, 1.165) is 22.6 Å². The van der Waals surface area contributed by atoms with Crippen molar-refractivity contribution in [2.24, 2.45) is 0 Å². The fourth-order valence-corrected chi connectivity index (χ4v) is 4.21. The molecule has 1 N–H and O–H groups in total. The van der Waals surface area contributed by atoms with Crippen LogP contribution in [0.1, 0.15) is 47.1 Å². The molecule has 1 heterocycles. The predicted molar refractivity (Wildman–Crippen MR) is 156 cm³/mol. The Kier molecular flexibility index (Phi) is 9.94. The van der Waals surface area contributed by atoms with Gasteiger partial charge in [0, 0.05) is 23.1 Å². The van der Waals surface area contributed by atoms with Gasteiger partial charge >= 0.3 is 5.97 Å². The number of ether oxygens (including phenoxy) is 3. The monoisotopic (exact) mass is 555 g/mol. The molecule has 0 aliphatic carbocycles. The van der Waals surface area contributed by atoms with Crippen LogP contribution >= 0.6 is 0 Å². The smallest absolute Gasteiger partial charge is 0.344 e. The molecule has 0 bridgehead atoms. The molecular formula is C33H33NO7. The summed E-state index contributed by atoms with van der Waals surface area (Å²) < 4.78 is 22.9. The van der Waals surface area contributed by atoms with Crippen LogP contribution in [0.4, 0.5) is 0 Å². The van der Waals surface area contributed by atoms with E-state index in [4.69, 9.17) is 18.6 Å². The van der Waals surface area contributed by atoms with Crippen LogP contribution in [-0.2, 0) is 11.2 Å². The number of aromatic nitrogens is 1. The lowest BCUT2D eigenvalue weighted by Gasteiger charge is -2.16. The zero-order valence-corrected chi connectivity index (χ0v) is 23.3. The van der Waals surface area contributed by atoms with Gasteiger partial charge in [-0.2, -0.15) is 0 Å². The molecule has 0 radical (unpaired) electrons. The summed E-state index contributed by atoms with van der Waals surface area (Å²) in [6.45, 7) is 3.75. The minimum Gasteiger partial charge on any atom is -0.493 e. The van der Waals surface area contributed by atoms with Crippen LogP contribution in [0.5, 0.6) is 17.2 Å². The normalized spacial score (nSPS) is 11.8. The number of rotatable bonds is 14. The molecule has 0 spiro atoms. The van der Waals surface area contributed by atoms with Crippen molar-refractivity contribution in [1.29, 1.82) is 0 Å². The molecule has 0 aliphatic heterocycles. The fourth-order valence-electron chi connectivity index (χ4n) is 4.21. The number of nitrogens with zero attached hydrogens (tertiary/aromatic N) is 1. The van der Waals surface area contributed by atoms with E-state index in [1.54, 1.807) is 42.5 Å². The zero-order valence-electron chi connectivity index (χ0n) is 23.3. The van der Waals surface area contributed by atoms with E-state index in [1.807, 2.05) is 49.4 Å². The number of aryl methyl sites for hydroxylation is 1. The second kappa shape index (κ2) is 14.0. The topological polar surface area (TPSA) is 108 Å². The number of oxazole rings is 1. The first-order valence-corrected chi connectivity index (χ1v) is 13.3. The Hall–Kier alpha value is -4.85. The molecule has 0 saturated carbocycles. The minimum absolute atomic E-state index is 0.0611. The average molecular weight is 556 g/mol. The lowest BCUT2D eigenvalue weighted by molar-refractivity contribution is -0.145. The van der Waals surface area contributed by atoms with Gasteiger partial charge in [-0.1, -0.05) is 42.5 Å². The number of carbonyl (C=O) groups excluding carboxylic acids is 1. The molecular weight excluding hydrogens is 522 g/mol. The Morgan fingerprint density at radius 2 is 1.73 bits per heavy atom. The van der Waals surface area contributed by atoms with Crippen LogP contribution < -0.4 is 14.2 Å². The highest BCUT2D eigenvalue weighted by Gasteiger charge is 2.20. The molecule has 3 aromatic carbocycles. The maximum atomic E-state index is 12.0. The van der Waals surface area contributed by atoms with Crippen molar-refractivity contribution < 1.29 is 33.3 Å². The molecule has 0 saturated heterocycles. The number of para-hydroxylation sites is 2. The number of hydrogen-bond donors (Lipinski definition) is 1. The number of hydrogen-bond acceptors (Lipinski definition) is 7. The molecule has 41 heavy (non-hydrogen) atoms. The summed E-state index contributed by atoms with van der Waals surface area (Å²) in [6, 6.07) is 21.9. The van der Waals surface area contributed by atoms with Crippen molar-refractivity contribution in [3.63, 3.8) is 0 Å². The second-order valence-electron chi connectivity index (χ2n) is 9.37. The highest BCUT2D eigenvalue weighted by molar-refractivity contribution is 5.95. The molecule has 212 valence electrons. The highest BCUT2D eigenvalue weighted by Crippen LogP contribution is 2.28. The standard InChI is InChI=1S/C33H33NO7/c1-22(35)25-17-18-28(39-20-19-27-23(2)40-32(34-27)24-11-5-4-6-12-24)26(21-25)13-7-8-16-31(33(36)37)41-30-15-10-9-14-29(30)38-3/h4-7,9-15,17-18,21,31H,8,16,19-20H2,1-3H3,(H,36,37). The molecule has 8 nitrogen and oxygen atoms in total. The van der Waals surface area contributed by atoms with Gasteiger partial charge in [-0.25, -0.2) is 9.78 Å². The number of benzene rings is 3. The third-order valence-electron chi connectivity index (χ3n) is 6.43. The van der Waals surface area contributed by atoms with Crippen molar-refractivity contribution in [3.05, 3.63) is 101 Å². The Bertz CT molecular complexity index is 1510. The average Bonchev–Trinajstić information content (AvgIpc) is 3.35. The maximum Gasteiger partial charge on any atom is 0.344 e. The summed E-state index contributed by atoms with van der Waals surface area (Å²) in [5, 5.41) is 9.67. The van der Waals surface area contributed by atoms with Gasteiger partial charge in [0.05, 0.1) is 19.4 Å². The largest absolute Gasteiger partial charge is 0.493 e. The van der Waals surface area contributed by atoms with Crippen LogP contribution in [0.2, 0.25) is 0 Å². The van der Waals surface area contributed by atoms with E-state index < -0.39 is 12.1 Å². The molecule has 0 fully saturated rings. The molecule has 1 atom stereocenters. The molecule has 0 aliphatic rings. The van der Waals surface area contributed by atoms with Gasteiger partial charge in [-0.3, -0.25) is 4.79 Å². The number of aliphatic carboxylic acids is 1. The first-order chi connectivity index (χ1) is 19.9. The van der Waals surface area contributed by atoms with Crippen LogP contribution in [0, 0.1) is 6.92 Å². The third kappa shape index (κ3) is 7.85. The van der Waals surface area contributed by atoms with E-state index in [0.29, 0.717) is 48.2 Å². The second-order valence-corrected chi connectivity index (χ2v) is 9.37. The summed E-state index contributed by atoms with van der Waals surface area (Å²) in [6.07, 6.45) is 3.83. The molecule has 1 unspecified atom stereocenters. The molecule has 1 aromatic heterocycles. The van der Waals surface area contributed by atoms with E-state index in [9.17, 15) is 14.7 Å². The van der Waals surface area contributed by atoms with E-state index in [-0.39, 0.29) is 12.2 Å². The molecule has 4 rings (SSSR count). The lowest BCUT2D eigenvalue weighted by atomic mass is 10.1. The first-order valence-electron chi connectivity index (χ1n) is 13.3. The Morgan fingerprint density at radius 3 is 2.44 bits per heavy atom. The summed E-state index contributed by atoms with van der Waals surface area (Å²) in [5.74, 6) is 1.63. The van der Waals surface area contributed by atoms with Crippen LogP contribution in [0.15, 0.2) is 83.3 Å². The van der Waals surface area contributed by atoms with E-state index >= 15 is 0 Å². The number of carbonyl (C=O) groups is 2. The summed E-state index contributed by atoms with van der Waals surface area (Å²) in [4.78, 5) is 28.5. The van der Waals surface area contributed by atoms with Crippen molar-refractivity contribution in [3.8, 4) is 28.7 Å². The molecule has 4 aromatic rings. The number of ketones is 1. The van der Waals surface area contributed by atoms with Gasteiger partial charge in [0.15, 0.2) is 23.4 Å². The van der Waals surface area contributed by atoms with Crippen LogP contribution in [0.25, 0.3) is 17.5 Å². The van der Waals surface area contributed by atoms with Crippen LogP contribution in [-0.4, -0.2) is 41.7 Å². The van der Waals surface area contributed by atoms with Gasteiger partial charge in [0.25, 0.3) is 0 Å². The third-order valence-corrected chi connectivity index (χ3v) is 6.43. The minimum atomic E-state index is -1.06. The summed E-state index contributed by atoms with van der Waals surface area (Å²) in [5.41, 5.74) is 3.00. The van der Waals surface area contributed by atoms with Crippen molar-refractivity contribution in [2.45, 2.75) is 39.2 Å². The molecule has 0 amide bonds. The SMILES string of the molecule is COc1ccccc1OC(CCC=Cc1cc(C(C)=O)ccc1OCCc1nc(-c2ccccc2)oc1C)C(=O)O. The first kappa shape index (κ1) is 29.1. The fraction of sp³-hybridized carbons (Fsp3) is 0.242. The zero-order chi connectivity index (χ0) is 29.2. The van der Waals surface area contributed by atoms with E-state index in [1.165, 1.54) is 14.0 Å². The Balaban J connectivity index is 1.41. The van der Waals surface area contributed by atoms with Gasteiger partial charge in [0.2, 0.25) is 5.89 Å². The van der Waals surface area contributed by atoms with Crippen molar-refractivity contribution in [2.75, 3.05) is 13.7 Å². The number of allylic oxidation sites excluding steroid dienone is 1.